The molecule has 1 aromatic carbocycles. The molecule has 2 aliphatic rings. The highest BCUT2D eigenvalue weighted by molar-refractivity contribution is 5.89. The van der Waals surface area contributed by atoms with Gasteiger partial charge in [0.1, 0.15) is 0 Å². The number of hydrogen-bond donors (Lipinski definition) is 0. The molecule has 3 rings (SSSR count). The van der Waals surface area contributed by atoms with E-state index in [0.29, 0.717) is 25.6 Å². The summed E-state index contributed by atoms with van der Waals surface area (Å²) < 4.78 is 0. The molecule has 1 aliphatic heterocycles. The van der Waals surface area contributed by atoms with Crippen molar-refractivity contribution in [2.75, 3.05) is 20.1 Å². The minimum atomic E-state index is -0.160. The highest BCUT2D eigenvalue weighted by Gasteiger charge is 2.37. The third kappa shape index (κ3) is 4.42. The minimum absolute atomic E-state index is 0.125. The number of amides is 2. The molecule has 0 aromatic heterocycles. The zero-order valence-corrected chi connectivity index (χ0v) is 15.5. The Morgan fingerprint density at radius 2 is 1.84 bits per heavy atom. The Labute approximate surface area is 151 Å². The van der Waals surface area contributed by atoms with Crippen molar-refractivity contribution in [3.63, 3.8) is 0 Å². The summed E-state index contributed by atoms with van der Waals surface area (Å²) in [5, 5.41) is 0. The Balaban J connectivity index is 1.51. The Hall–Kier alpha value is -1.84. The van der Waals surface area contributed by atoms with Crippen LogP contribution in [-0.2, 0) is 16.0 Å². The smallest absolute Gasteiger partial charge is 0.227 e. The summed E-state index contributed by atoms with van der Waals surface area (Å²) in [6.45, 7) is 3.58. The van der Waals surface area contributed by atoms with Gasteiger partial charge in [0.15, 0.2) is 0 Å². The molecule has 0 unspecified atom stereocenters. The first-order chi connectivity index (χ1) is 12.0. The van der Waals surface area contributed by atoms with Crippen molar-refractivity contribution in [1.82, 2.24) is 9.80 Å². The number of benzene rings is 1. The third-order valence-electron chi connectivity index (χ3n) is 5.96. The molecule has 1 saturated carbocycles. The number of rotatable bonds is 5. The van der Waals surface area contributed by atoms with Crippen molar-refractivity contribution in [3.05, 3.63) is 35.9 Å². The first-order valence-electron chi connectivity index (χ1n) is 9.63. The van der Waals surface area contributed by atoms with Gasteiger partial charge in [-0.2, -0.15) is 0 Å². The van der Waals surface area contributed by atoms with Crippen molar-refractivity contribution < 1.29 is 9.59 Å². The van der Waals surface area contributed by atoms with Crippen molar-refractivity contribution in [1.29, 1.82) is 0 Å². The molecule has 1 aromatic rings. The molecule has 0 radical (unpaired) electrons. The molecule has 0 bridgehead atoms. The molecular formula is C21H30N2O2. The predicted molar refractivity (Wildman–Crippen MR) is 99.0 cm³/mol. The van der Waals surface area contributed by atoms with Crippen LogP contribution in [0, 0.1) is 11.8 Å². The average Bonchev–Trinajstić information content (AvgIpc) is 3.01. The summed E-state index contributed by atoms with van der Waals surface area (Å²) in [4.78, 5) is 28.9. The van der Waals surface area contributed by atoms with Gasteiger partial charge in [-0.3, -0.25) is 9.59 Å². The van der Waals surface area contributed by atoms with Gasteiger partial charge >= 0.3 is 0 Å². The van der Waals surface area contributed by atoms with Gasteiger partial charge in [0.25, 0.3) is 0 Å². The molecule has 1 saturated heterocycles. The highest BCUT2D eigenvalue weighted by atomic mass is 16.2. The van der Waals surface area contributed by atoms with E-state index in [-0.39, 0.29) is 17.7 Å². The van der Waals surface area contributed by atoms with Crippen molar-refractivity contribution in [2.24, 2.45) is 11.8 Å². The molecule has 1 heterocycles. The average molecular weight is 342 g/mol. The summed E-state index contributed by atoms with van der Waals surface area (Å²) in [6.07, 6.45) is 5.83. The van der Waals surface area contributed by atoms with E-state index in [1.165, 1.54) is 18.4 Å². The zero-order valence-electron chi connectivity index (χ0n) is 15.5. The van der Waals surface area contributed by atoms with Crippen LogP contribution in [0.3, 0.4) is 0 Å². The lowest BCUT2D eigenvalue weighted by Crippen LogP contribution is -2.43. The molecule has 136 valence electrons. The first-order valence-corrected chi connectivity index (χ1v) is 9.63. The van der Waals surface area contributed by atoms with Crippen LogP contribution in [0.2, 0.25) is 0 Å². The number of carbonyl (C=O) groups is 2. The standard InChI is InChI=1S/C21H30N2O2/c1-16-8-10-19(11-9-16)22(2)21(25)18-14-20(24)23(15-18)13-12-17-6-4-3-5-7-17/h3-7,16,18-19H,8-15H2,1-2H3/t16?,18-,19?/m0/s1. The summed E-state index contributed by atoms with van der Waals surface area (Å²) >= 11 is 0. The fourth-order valence-electron chi connectivity index (χ4n) is 4.16. The number of carbonyl (C=O) groups excluding carboxylic acids is 2. The Kier molecular flexibility index (Phi) is 5.77. The molecule has 2 fully saturated rings. The second-order valence-corrected chi connectivity index (χ2v) is 7.84. The van der Waals surface area contributed by atoms with Crippen LogP contribution in [0.4, 0.5) is 0 Å². The van der Waals surface area contributed by atoms with Gasteiger partial charge in [-0.15, -0.1) is 0 Å². The zero-order chi connectivity index (χ0) is 17.8. The van der Waals surface area contributed by atoms with Crippen LogP contribution in [0.15, 0.2) is 30.3 Å². The Bertz CT molecular complexity index is 593. The van der Waals surface area contributed by atoms with E-state index in [1.54, 1.807) is 0 Å². The lowest BCUT2D eigenvalue weighted by Gasteiger charge is -2.34. The molecule has 4 nitrogen and oxygen atoms in total. The summed E-state index contributed by atoms with van der Waals surface area (Å²) in [7, 11) is 1.93. The van der Waals surface area contributed by atoms with Crippen molar-refractivity contribution in [2.45, 2.75) is 51.5 Å². The van der Waals surface area contributed by atoms with Crippen LogP contribution in [0.5, 0.6) is 0 Å². The maximum Gasteiger partial charge on any atom is 0.227 e. The Morgan fingerprint density at radius 3 is 2.52 bits per heavy atom. The van der Waals surface area contributed by atoms with Crippen LogP contribution < -0.4 is 0 Å². The largest absolute Gasteiger partial charge is 0.342 e. The van der Waals surface area contributed by atoms with Gasteiger partial charge in [0.2, 0.25) is 11.8 Å². The molecule has 4 heteroatoms. The molecule has 2 amide bonds. The highest BCUT2D eigenvalue weighted by Crippen LogP contribution is 2.28. The maximum absolute atomic E-state index is 12.8. The fraction of sp³-hybridized carbons (Fsp3) is 0.619. The van der Waals surface area contributed by atoms with Crippen LogP contribution in [0.25, 0.3) is 0 Å². The fourth-order valence-corrected chi connectivity index (χ4v) is 4.16. The first kappa shape index (κ1) is 18.0. The molecule has 0 N–H and O–H groups in total. The van der Waals surface area contributed by atoms with E-state index >= 15 is 0 Å². The predicted octanol–water partition coefficient (Wildman–Crippen LogP) is 3.11. The van der Waals surface area contributed by atoms with E-state index in [1.807, 2.05) is 35.0 Å². The van der Waals surface area contributed by atoms with Crippen LogP contribution >= 0.6 is 0 Å². The second kappa shape index (κ2) is 8.03. The van der Waals surface area contributed by atoms with Gasteiger partial charge in [-0.05, 0) is 43.6 Å². The van der Waals surface area contributed by atoms with Gasteiger partial charge in [-0.25, -0.2) is 0 Å². The number of hydrogen-bond acceptors (Lipinski definition) is 2. The molecule has 1 aliphatic carbocycles. The van der Waals surface area contributed by atoms with Gasteiger partial charge in [0, 0.05) is 32.6 Å². The monoisotopic (exact) mass is 342 g/mol. The lowest BCUT2D eigenvalue weighted by molar-refractivity contribution is -0.137. The lowest BCUT2D eigenvalue weighted by atomic mass is 9.86. The molecule has 25 heavy (non-hydrogen) atoms. The minimum Gasteiger partial charge on any atom is -0.342 e. The molecule has 1 atom stereocenters. The van der Waals surface area contributed by atoms with Gasteiger partial charge < -0.3 is 9.80 Å². The quantitative estimate of drug-likeness (QED) is 0.825. The van der Waals surface area contributed by atoms with Crippen molar-refractivity contribution in [3.8, 4) is 0 Å². The van der Waals surface area contributed by atoms with Crippen LogP contribution in [0.1, 0.15) is 44.6 Å². The van der Waals surface area contributed by atoms with E-state index in [4.69, 9.17) is 0 Å². The van der Waals surface area contributed by atoms with Gasteiger partial charge in [0.05, 0.1) is 5.92 Å². The topological polar surface area (TPSA) is 40.6 Å². The van der Waals surface area contributed by atoms with Gasteiger partial charge in [-0.1, -0.05) is 37.3 Å². The van der Waals surface area contributed by atoms with E-state index in [9.17, 15) is 9.59 Å². The summed E-state index contributed by atoms with van der Waals surface area (Å²) in [5.41, 5.74) is 1.23. The summed E-state index contributed by atoms with van der Waals surface area (Å²) in [5.74, 6) is 0.906. The van der Waals surface area contributed by atoms with E-state index in [0.717, 1.165) is 25.2 Å². The normalized spacial score (nSPS) is 26.7. The van der Waals surface area contributed by atoms with Crippen molar-refractivity contribution >= 4 is 11.8 Å². The maximum atomic E-state index is 12.8. The third-order valence-corrected chi connectivity index (χ3v) is 5.96. The SMILES string of the molecule is CC1CCC(N(C)C(=O)[C@H]2CC(=O)N(CCc3ccccc3)C2)CC1. The number of likely N-dealkylation sites (tertiary alicyclic amines) is 1. The Morgan fingerprint density at radius 1 is 1.16 bits per heavy atom. The van der Waals surface area contributed by atoms with E-state index in [2.05, 4.69) is 19.1 Å². The van der Waals surface area contributed by atoms with Crippen LogP contribution in [-0.4, -0.2) is 47.8 Å². The molecule has 0 spiro atoms. The van der Waals surface area contributed by atoms with E-state index < -0.39 is 0 Å². The second-order valence-electron chi connectivity index (χ2n) is 7.84. The number of nitrogens with zero attached hydrogens (tertiary/aromatic N) is 2. The summed E-state index contributed by atoms with van der Waals surface area (Å²) in [6, 6.07) is 10.6. The molecular weight excluding hydrogens is 312 g/mol.